The molecule has 1 N–H and O–H groups in total. The van der Waals surface area contributed by atoms with Crippen molar-refractivity contribution in [1.29, 1.82) is 0 Å². The van der Waals surface area contributed by atoms with E-state index in [2.05, 4.69) is 5.32 Å². The summed E-state index contributed by atoms with van der Waals surface area (Å²) in [6.45, 7) is 0.440. The summed E-state index contributed by atoms with van der Waals surface area (Å²) in [5.41, 5.74) is -0.607. The lowest BCUT2D eigenvalue weighted by Crippen LogP contribution is -2.47. The second kappa shape index (κ2) is 5.91. The van der Waals surface area contributed by atoms with E-state index < -0.39 is 5.54 Å². The van der Waals surface area contributed by atoms with Crippen molar-refractivity contribution in [3.05, 3.63) is 0 Å². The van der Waals surface area contributed by atoms with Crippen LogP contribution in [0.1, 0.15) is 51.4 Å². The van der Waals surface area contributed by atoms with E-state index in [1.54, 1.807) is 0 Å². The predicted octanol–water partition coefficient (Wildman–Crippen LogP) is 2.65. The van der Waals surface area contributed by atoms with Gasteiger partial charge in [-0.1, -0.05) is 32.1 Å². The highest BCUT2D eigenvalue weighted by molar-refractivity contribution is 6.17. The Morgan fingerprint density at radius 2 is 1.72 bits per heavy atom. The number of imide groups is 1. The normalized spacial score (nSPS) is 23.9. The molecule has 0 atom stereocenters. The molecule has 0 bridgehead atoms. The van der Waals surface area contributed by atoms with Crippen molar-refractivity contribution >= 4 is 23.5 Å². The first-order valence-electron chi connectivity index (χ1n) is 6.90. The monoisotopic (exact) mass is 272 g/mol. The highest BCUT2D eigenvalue weighted by Gasteiger charge is 2.49. The molecular weight excluding hydrogens is 252 g/mol. The molecule has 0 radical (unpaired) electrons. The molecule has 102 valence electrons. The van der Waals surface area contributed by atoms with Crippen LogP contribution in [0.5, 0.6) is 0 Å². The van der Waals surface area contributed by atoms with Gasteiger partial charge in [0, 0.05) is 12.4 Å². The number of halogens is 1. The third-order valence-electron chi connectivity index (χ3n) is 3.97. The van der Waals surface area contributed by atoms with Crippen LogP contribution in [0.25, 0.3) is 0 Å². The zero-order chi connectivity index (χ0) is 13.0. The van der Waals surface area contributed by atoms with E-state index in [-0.39, 0.29) is 11.9 Å². The van der Waals surface area contributed by atoms with Crippen LogP contribution in [-0.2, 0) is 4.79 Å². The molecule has 1 aliphatic heterocycles. The lowest BCUT2D eigenvalue weighted by molar-refractivity contribution is -0.132. The summed E-state index contributed by atoms with van der Waals surface area (Å²) in [6.07, 6.45) is 7.85. The second-order valence-corrected chi connectivity index (χ2v) is 5.66. The molecule has 0 aromatic rings. The number of nitrogens with zero attached hydrogens (tertiary/aromatic N) is 1. The van der Waals surface area contributed by atoms with Crippen molar-refractivity contribution in [2.45, 2.75) is 56.9 Å². The summed E-state index contributed by atoms with van der Waals surface area (Å²) in [6, 6.07) is -0.231. The van der Waals surface area contributed by atoms with E-state index in [1.165, 1.54) is 11.3 Å². The Bertz CT molecular complexity index is 325. The molecule has 2 aliphatic rings. The van der Waals surface area contributed by atoms with Crippen molar-refractivity contribution in [3.63, 3.8) is 0 Å². The standard InChI is InChI=1S/C13H21ClN2O2/c14-9-6-10-16-11(17)13(15-12(16)18)7-4-2-1-3-5-8-13/h1-10H2,(H,15,18). The lowest BCUT2D eigenvalue weighted by Gasteiger charge is -2.28. The van der Waals surface area contributed by atoms with Crippen LogP contribution in [0.2, 0.25) is 0 Å². The van der Waals surface area contributed by atoms with Crippen LogP contribution in [0.15, 0.2) is 0 Å². The first-order valence-corrected chi connectivity index (χ1v) is 7.43. The van der Waals surface area contributed by atoms with Crippen molar-refractivity contribution < 1.29 is 9.59 Å². The van der Waals surface area contributed by atoms with Gasteiger partial charge in [-0.15, -0.1) is 11.6 Å². The highest BCUT2D eigenvalue weighted by atomic mass is 35.5. The molecule has 1 saturated carbocycles. The Labute approximate surface area is 113 Å². The zero-order valence-corrected chi connectivity index (χ0v) is 11.5. The number of alkyl halides is 1. The number of amides is 3. The first-order chi connectivity index (χ1) is 8.69. The van der Waals surface area contributed by atoms with Crippen molar-refractivity contribution in [3.8, 4) is 0 Å². The molecule has 2 rings (SSSR count). The summed E-state index contributed by atoms with van der Waals surface area (Å²) >= 11 is 5.63. The molecule has 4 nitrogen and oxygen atoms in total. The van der Waals surface area contributed by atoms with E-state index in [0.717, 1.165) is 38.5 Å². The topological polar surface area (TPSA) is 49.4 Å². The van der Waals surface area contributed by atoms with Gasteiger partial charge in [-0.3, -0.25) is 9.69 Å². The molecule has 0 unspecified atom stereocenters. The van der Waals surface area contributed by atoms with Gasteiger partial charge in [0.2, 0.25) is 0 Å². The molecule has 0 aromatic carbocycles. The predicted molar refractivity (Wildman–Crippen MR) is 70.6 cm³/mol. The minimum atomic E-state index is -0.607. The number of carbonyl (C=O) groups is 2. The van der Waals surface area contributed by atoms with E-state index in [9.17, 15) is 9.59 Å². The number of hydrogen-bond donors (Lipinski definition) is 1. The van der Waals surface area contributed by atoms with Gasteiger partial charge in [-0.05, 0) is 19.3 Å². The van der Waals surface area contributed by atoms with Gasteiger partial charge in [0.1, 0.15) is 5.54 Å². The molecular formula is C13H21ClN2O2. The summed E-state index contributed by atoms with van der Waals surface area (Å²) in [4.78, 5) is 25.7. The number of rotatable bonds is 3. The van der Waals surface area contributed by atoms with Gasteiger partial charge in [0.05, 0.1) is 0 Å². The first kappa shape index (κ1) is 13.7. The Kier molecular flexibility index (Phi) is 4.49. The fourth-order valence-corrected chi connectivity index (χ4v) is 3.06. The van der Waals surface area contributed by atoms with Crippen LogP contribution in [-0.4, -0.2) is 34.8 Å². The average molecular weight is 273 g/mol. The molecule has 1 saturated heterocycles. The van der Waals surface area contributed by atoms with E-state index in [1.807, 2.05) is 0 Å². The van der Waals surface area contributed by atoms with Crippen LogP contribution in [0.3, 0.4) is 0 Å². The molecule has 1 heterocycles. The maximum absolute atomic E-state index is 12.5. The van der Waals surface area contributed by atoms with Gasteiger partial charge >= 0.3 is 6.03 Å². The quantitative estimate of drug-likeness (QED) is 0.634. The summed E-state index contributed by atoms with van der Waals surface area (Å²) in [5, 5.41) is 2.94. The van der Waals surface area contributed by atoms with Crippen molar-refractivity contribution in [1.82, 2.24) is 10.2 Å². The van der Waals surface area contributed by atoms with Crippen LogP contribution in [0.4, 0.5) is 4.79 Å². The van der Waals surface area contributed by atoms with Gasteiger partial charge in [-0.2, -0.15) is 0 Å². The third kappa shape index (κ3) is 2.63. The Morgan fingerprint density at radius 1 is 1.11 bits per heavy atom. The minimum absolute atomic E-state index is 0.0282. The lowest BCUT2D eigenvalue weighted by atomic mass is 9.84. The fraction of sp³-hybridized carbons (Fsp3) is 0.846. The number of nitrogens with one attached hydrogen (secondary N) is 1. The largest absolute Gasteiger partial charge is 0.325 e. The van der Waals surface area contributed by atoms with E-state index in [0.29, 0.717) is 18.8 Å². The molecule has 1 spiro atoms. The van der Waals surface area contributed by atoms with Crippen molar-refractivity contribution in [2.75, 3.05) is 12.4 Å². The van der Waals surface area contributed by atoms with Crippen LogP contribution >= 0.6 is 11.6 Å². The third-order valence-corrected chi connectivity index (χ3v) is 4.24. The smallest absolute Gasteiger partial charge is 0.323 e. The van der Waals surface area contributed by atoms with Gasteiger partial charge in [0.25, 0.3) is 5.91 Å². The van der Waals surface area contributed by atoms with Crippen molar-refractivity contribution in [2.24, 2.45) is 0 Å². The molecule has 0 aromatic heterocycles. The molecule has 5 heteroatoms. The number of carbonyl (C=O) groups excluding carboxylic acids is 2. The molecule has 1 aliphatic carbocycles. The van der Waals surface area contributed by atoms with Gasteiger partial charge in [-0.25, -0.2) is 4.79 Å². The summed E-state index contributed by atoms with van der Waals surface area (Å²) in [7, 11) is 0. The Morgan fingerprint density at radius 3 is 2.33 bits per heavy atom. The average Bonchev–Trinajstić information content (AvgIpc) is 2.55. The SMILES string of the molecule is O=C1NC2(CCCCCCC2)C(=O)N1CCCCl. The van der Waals surface area contributed by atoms with Gasteiger partial charge < -0.3 is 5.32 Å². The highest BCUT2D eigenvalue weighted by Crippen LogP contribution is 2.32. The Hall–Kier alpha value is -0.770. The van der Waals surface area contributed by atoms with Gasteiger partial charge in [0.15, 0.2) is 0 Å². The molecule has 18 heavy (non-hydrogen) atoms. The van der Waals surface area contributed by atoms with E-state index >= 15 is 0 Å². The zero-order valence-electron chi connectivity index (χ0n) is 10.7. The maximum atomic E-state index is 12.5. The van der Waals surface area contributed by atoms with Crippen LogP contribution in [0, 0.1) is 0 Å². The van der Waals surface area contributed by atoms with Crippen LogP contribution < -0.4 is 5.32 Å². The van der Waals surface area contributed by atoms with E-state index in [4.69, 9.17) is 11.6 Å². The number of hydrogen-bond acceptors (Lipinski definition) is 2. The molecule has 3 amide bonds. The maximum Gasteiger partial charge on any atom is 0.325 e. The second-order valence-electron chi connectivity index (χ2n) is 5.28. The number of urea groups is 1. The minimum Gasteiger partial charge on any atom is -0.323 e. The molecule has 2 fully saturated rings. The Balaban J connectivity index is 2.08. The fourth-order valence-electron chi connectivity index (χ4n) is 2.94. The summed E-state index contributed by atoms with van der Waals surface area (Å²) < 4.78 is 0. The summed E-state index contributed by atoms with van der Waals surface area (Å²) in [5.74, 6) is 0.448.